The van der Waals surface area contributed by atoms with Crippen LogP contribution in [0.15, 0.2) is 48.8 Å². The van der Waals surface area contributed by atoms with Crippen LogP contribution in [-0.4, -0.2) is 32.1 Å². The maximum Gasteiger partial charge on any atom is 0.310 e. The van der Waals surface area contributed by atoms with E-state index in [-0.39, 0.29) is 35.3 Å². The number of ether oxygens (including phenoxy) is 1. The summed E-state index contributed by atoms with van der Waals surface area (Å²) < 4.78 is 31.0. The quantitative estimate of drug-likeness (QED) is 0.261. The zero-order chi connectivity index (χ0) is 26.6. The highest BCUT2D eigenvalue weighted by Gasteiger charge is 2.39. The zero-order valence-corrected chi connectivity index (χ0v) is 21.4. The van der Waals surface area contributed by atoms with Crippen LogP contribution in [0, 0.1) is 18.8 Å². The summed E-state index contributed by atoms with van der Waals surface area (Å²) in [4.78, 5) is 25.2. The van der Waals surface area contributed by atoms with Gasteiger partial charge in [0, 0.05) is 23.5 Å². The molecule has 0 radical (unpaired) electrons. The Labute approximate surface area is 219 Å². The van der Waals surface area contributed by atoms with Crippen molar-refractivity contribution >= 4 is 29.2 Å². The Morgan fingerprint density at radius 2 is 1.92 bits per heavy atom. The second-order valence-corrected chi connectivity index (χ2v) is 9.73. The van der Waals surface area contributed by atoms with Crippen LogP contribution >= 0.6 is 11.6 Å². The number of aryl methyl sites for hydroxylation is 1. The van der Waals surface area contributed by atoms with Crippen molar-refractivity contribution in [2.45, 2.75) is 51.6 Å². The maximum absolute atomic E-state index is 13.0. The number of nitrogens with one attached hydrogen (secondary N) is 1. The lowest BCUT2D eigenvalue weighted by atomic mass is 9.73. The van der Waals surface area contributed by atoms with Gasteiger partial charge in [0.15, 0.2) is 6.07 Å². The molecule has 2 N–H and O–H groups in total. The van der Waals surface area contributed by atoms with Gasteiger partial charge in [0.05, 0.1) is 17.3 Å². The number of alkyl halides is 3. The number of esters is 1. The highest BCUT2D eigenvalue weighted by molar-refractivity contribution is 6.17. The molecule has 3 heterocycles. The van der Waals surface area contributed by atoms with Gasteiger partial charge in [-0.1, -0.05) is 11.6 Å². The van der Waals surface area contributed by atoms with Crippen LogP contribution in [0.5, 0.6) is 0 Å². The number of rotatable bonds is 8. The number of hydrogen-bond donors (Lipinski definition) is 2. The number of nitrogens with zero attached hydrogens (tertiary/aromatic N) is 3. The molecule has 196 valence electrons. The van der Waals surface area contributed by atoms with E-state index in [9.17, 15) is 18.7 Å². The van der Waals surface area contributed by atoms with Crippen molar-refractivity contribution in [2.75, 3.05) is 11.4 Å². The molecule has 3 aromatic heterocycles. The van der Waals surface area contributed by atoms with Crippen molar-refractivity contribution in [3.63, 3.8) is 0 Å². The van der Waals surface area contributed by atoms with Gasteiger partial charge in [-0.2, -0.15) is 0 Å². The van der Waals surface area contributed by atoms with E-state index in [4.69, 9.17) is 16.3 Å². The second-order valence-electron chi connectivity index (χ2n) is 9.52. The third-order valence-corrected chi connectivity index (χ3v) is 7.00. The molecule has 1 aliphatic rings. The predicted molar refractivity (Wildman–Crippen MR) is 137 cm³/mol. The van der Waals surface area contributed by atoms with Crippen LogP contribution in [0.1, 0.15) is 55.9 Å². The third kappa shape index (κ3) is 6.40. The van der Waals surface area contributed by atoms with Crippen molar-refractivity contribution in [1.82, 2.24) is 15.0 Å². The lowest BCUT2D eigenvalue weighted by Gasteiger charge is -2.37. The van der Waals surface area contributed by atoms with Crippen molar-refractivity contribution in [2.24, 2.45) is 11.8 Å². The first-order valence-electron chi connectivity index (χ1n) is 12.1. The summed E-state index contributed by atoms with van der Waals surface area (Å²) in [5.41, 5.74) is 1.56. The van der Waals surface area contributed by atoms with Crippen LogP contribution in [0.4, 0.5) is 20.4 Å². The van der Waals surface area contributed by atoms with Crippen LogP contribution in [0.25, 0.3) is 11.3 Å². The minimum Gasteiger partial charge on any atom is -0.449 e. The van der Waals surface area contributed by atoms with E-state index < -0.39 is 12.0 Å². The van der Waals surface area contributed by atoms with Crippen LogP contribution in [0.3, 0.4) is 0 Å². The maximum atomic E-state index is 13.0. The first-order chi connectivity index (χ1) is 17.7. The summed E-state index contributed by atoms with van der Waals surface area (Å²) in [5, 5.41) is 14.3. The van der Waals surface area contributed by atoms with E-state index in [1.54, 1.807) is 25.3 Å². The van der Waals surface area contributed by atoms with Crippen LogP contribution in [-0.2, 0) is 15.1 Å². The lowest BCUT2D eigenvalue weighted by Crippen LogP contribution is -2.36. The number of carbonyl (C=O) groups is 1. The third-order valence-electron chi connectivity index (χ3n) is 6.89. The molecule has 0 bridgehead atoms. The Balaban J connectivity index is 1.48. The van der Waals surface area contributed by atoms with E-state index in [1.165, 1.54) is 18.3 Å². The number of carbonyl (C=O) groups excluding carboxylic acids is 1. The van der Waals surface area contributed by atoms with E-state index in [0.717, 1.165) is 11.1 Å². The molecule has 0 saturated heterocycles. The van der Waals surface area contributed by atoms with Gasteiger partial charge in [0.1, 0.15) is 17.2 Å². The molecule has 0 spiro atoms. The van der Waals surface area contributed by atoms with E-state index in [0.29, 0.717) is 42.9 Å². The molecular formula is C27H29ClF2N4O3. The Kier molecular flexibility index (Phi) is 8.34. The summed E-state index contributed by atoms with van der Waals surface area (Å²) in [7, 11) is 0. The molecule has 1 fully saturated rings. The predicted octanol–water partition coefficient (Wildman–Crippen LogP) is 6.28. The Bertz CT molecular complexity index is 1230. The molecule has 0 aromatic carbocycles. The fourth-order valence-electron chi connectivity index (χ4n) is 4.78. The van der Waals surface area contributed by atoms with Gasteiger partial charge in [-0.05, 0) is 87.4 Å². The molecule has 0 unspecified atom stereocenters. The summed E-state index contributed by atoms with van der Waals surface area (Å²) >= 11 is 5.50. The Morgan fingerprint density at radius 1 is 1.16 bits per heavy atom. The Morgan fingerprint density at radius 3 is 2.57 bits per heavy atom. The molecule has 1 saturated carbocycles. The van der Waals surface area contributed by atoms with Gasteiger partial charge in [-0.25, -0.2) is 18.7 Å². The average molecular weight is 531 g/mol. The normalized spacial score (nSPS) is 19.3. The van der Waals surface area contributed by atoms with Gasteiger partial charge in [-0.15, -0.1) is 0 Å². The van der Waals surface area contributed by atoms with Crippen molar-refractivity contribution < 1.29 is 23.4 Å². The van der Waals surface area contributed by atoms with E-state index >= 15 is 0 Å². The van der Waals surface area contributed by atoms with Gasteiger partial charge >= 0.3 is 5.97 Å². The minimum absolute atomic E-state index is 0.0460. The highest BCUT2D eigenvalue weighted by atomic mass is 35.5. The van der Waals surface area contributed by atoms with Gasteiger partial charge in [0.25, 0.3) is 6.43 Å². The van der Waals surface area contributed by atoms with Crippen molar-refractivity contribution in [3.8, 4) is 11.3 Å². The molecule has 3 aromatic rings. The first-order valence-corrected chi connectivity index (χ1v) is 12.6. The fourth-order valence-corrected chi connectivity index (χ4v) is 4.89. The summed E-state index contributed by atoms with van der Waals surface area (Å²) in [6, 6.07) is 9.74. The number of pyridine rings is 3. The van der Waals surface area contributed by atoms with Crippen LogP contribution in [0.2, 0.25) is 0 Å². The molecule has 10 heteroatoms. The average Bonchev–Trinajstić information content (AvgIpc) is 2.89. The molecular weight excluding hydrogens is 502 g/mol. The molecule has 7 nitrogen and oxygen atoms in total. The largest absolute Gasteiger partial charge is 0.449 e. The smallest absolute Gasteiger partial charge is 0.310 e. The van der Waals surface area contributed by atoms with E-state index in [2.05, 4.69) is 20.3 Å². The molecule has 37 heavy (non-hydrogen) atoms. The standard InChI is InChI=1S/C27H29ClF2N4O3/c1-16-11-21(33-24(12-16)34-23-13-18(25(29)30)9-10-31-23)19-5-8-22(32-14-19)27(2,36)20-6-3-17(4-7-20)26(35)37-15-28/h5,8-14,17,20,25,36H,3-4,6-7,15H2,1-2H3,(H,31,33,34)/t17-,20-,27-/m1/s1. The Hall–Kier alpha value is -3.17. The molecule has 0 aliphatic heterocycles. The first kappa shape index (κ1) is 26.9. The summed E-state index contributed by atoms with van der Waals surface area (Å²) in [5.74, 6) is 0.221. The zero-order valence-electron chi connectivity index (χ0n) is 20.6. The topological polar surface area (TPSA) is 97.2 Å². The molecule has 1 atom stereocenters. The number of aliphatic hydroxyl groups is 1. The number of anilines is 2. The molecule has 1 aliphatic carbocycles. The van der Waals surface area contributed by atoms with Gasteiger partial charge in [0.2, 0.25) is 0 Å². The summed E-state index contributed by atoms with van der Waals surface area (Å²) in [6.07, 6.45) is 3.01. The fraction of sp³-hybridized carbons (Fsp3) is 0.407. The molecule has 4 rings (SSSR count). The SMILES string of the molecule is Cc1cc(Nc2cc(C(F)F)ccn2)nc(-c2ccc([C@](C)(O)[C@H]3CC[C@H](C(=O)OCCl)CC3)nc2)c1. The number of hydrogen-bond acceptors (Lipinski definition) is 7. The monoisotopic (exact) mass is 530 g/mol. The van der Waals surface area contributed by atoms with E-state index in [1.807, 2.05) is 19.1 Å². The summed E-state index contributed by atoms with van der Waals surface area (Å²) in [6.45, 7) is 3.66. The highest BCUT2D eigenvalue weighted by Crippen LogP contribution is 2.41. The van der Waals surface area contributed by atoms with Crippen LogP contribution < -0.4 is 5.32 Å². The van der Waals surface area contributed by atoms with Crippen molar-refractivity contribution in [3.05, 3.63) is 65.6 Å². The number of halogens is 3. The van der Waals surface area contributed by atoms with Crippen molar-refractivity contribution in [1.29, 1.82) is 0 Å². The number of aromatic nitrogens is 3. The molecule has 0 amide bonds. The minimum atomic E-state index is -2.59. The lowest BCUT2D eigenvalue weighted by molar-refractivity contribution is -0.149. The second kappa shape index (κ2) is 11.5. The van der Waals surface area contributed by atoms with Gasteiger partial charge < -0.3 is 15.2 Å². The van der Waals surface area contributed by atoms with Gasteiger partial charge in [-0.3, -0.25) is 9.78 Å².